The second-order valence-corrected chi connectivity index (χ2v) is 13.7. The molecular formula is C18H29AsClN. The summed E-state index contributed by atoms with van der Waals surface area (Å²) in [7, 11) is 6.62. The first-order chi connectivity index (χ1) is 9.32. The maximum atomic E-state index is 6.62. The number of benzene rings is 1. The van der Waals surface area contributed by atoms with Crippen LogP contribution in [-0.2, 0) is 16.2 Å². The van der Waals surface area contributed by atoms with Crippen LogP contribution in [0.2, 0.25) is 5.21 Å². The molecule has 0 radical (unpaired) electrons. The van der Waals surface area contributed by atoms with Crippen LogP contribution in [0.3, 0.4) is 0 Å². The average molecular weight is 370 g/mol. The van der Waals surface area contributed by atoms with Crippen molar-refractivity contribution in [2.24, 2.45) is 0 Å². The van der Waals surface area contributed by atoms with Crippen molar-refractivity contribution in [3.63, 3.8) is 0 Å². The van der Waals surface area contributed by atoms with Gasteiger partial charge in [0.25, 0.3) is 0 Å². The Morgan fingerprint density at radius 3 is 2.10 bits per heavy atom. The zero-order chi connectivity index (χ0) is 16.2. The Balaban J connectivity index is 2.77. The Labute approximate surface area is 139 Å². The van der Waals surface area contributed by atoms with Crippen molar-refractivity contribution in [3.8, 4) is 0 Å². The van der Waals surface area contributed by atoms with Crippen molar-refractivity contribution >= 4 is 29.6 Å². The normalized spacial score (nSPS) is 21.7. The third-order valence-corrected chi connectivity index (χ3v) is 8.59. The Morgan fingerprint density at radius 2 is 1.62 bits per heavy atom. The molecule has 1 N–H and O–H groups in total. The van der Waals surface area contributed by atoms with Crippen LogP contribution in [0.15, 0.2) is 12.1 Å². The Hall–Kier alpha value is -0.132. The summed E-state index contributed by atoms with van der Waals surface area (Å²) in [4.78, 5) is 0. The Kier molecular flexibility index (Phi) is 4.27. The van der Waals surface area contributed by atoms with Crippen LogP contribution in [0.1, 0.15) is 72.1 Å². The number of hydrogen-bond donors (Lipinski definition) is 1. The van der Waals surface area contributed by atoms with E-state index in [4.69, 9.17) is 9.95 Å². The van der Waals surface area contributed by atoms with Gasteiger partial charge >= 0.3 is 139 Å². The van der Waals surface area contributed by atoms with Crippen LogP contribution in [0, 0.1) is 0 Å². The summed E-state index contributed by atoms with van der Waals surface area (Å²) >= 11 is -1.46. The standard InChI is InChI=1S/C18H29AsClN/c1-16(2,3)12-9-13(17(4,5)6)15-14(10-12)18(7,8)11-19(20)21-15/h9-10,21H,11H2,1-8H3. The minimum atomic E-state index is -1.46. The van der Waals surface area contributed by atoms with Gasteiger partial charge in [-0.3, -0.25) is 0 Å². The predicted octanol–water partition coefficient (Wildman–Crippen LogP) is 5.71. The van der Waals surface area contributed by atoms with E-state index in [-0.39, 0.29) is 16.2 Å². The van der Waals surface area contributed by atoms with E-state index in [9.17, 15) is 0 Å². The maximum absolute atomic E-state index is 6.62. The predicted molar refractivity (Wildman–Crippen MR) is 96.9 cm³/mol. The zero-order valence-corrected chi connectivity index (χ0v) is 17.3. The molecule has 0 saturated heterocycles. The van der Waals surface area contributed by atoms with E-state index in [1.807, 2.05) is 0 Å². The van der Waals surface area contributed by atoms with Gasteiger partial charge < -0.3 is 0 Å². The summed E-state index contributed by atoms with van der Waals surface area (Å²) in [5.74, 6) is 0. The first-order valence-electron chi connectivity index (χ1n) is 7.72. The van der Waals surface area contributed by atoms with Crippen molar-refractivity contribution in [2.75, 3.05) is 4.23 Å². The molecule has 2 rings (SSSR count). The van der Waals surface area contributed by atoms with Crippen LogP contribution >= 0.6 is 9.95 Å². The first-order valence-corrected chi connectivity index (χ1v) is 12.4. The topological polar surface area (TPSA) is 12.0 Å². The molecule has 1 atom stereocenters. The second kappa shape index (κ2) is 5.20. The third-order valence-electron chi connectivity index (χ3n) is 4.31. The third kappa shape index (κ3) is 3.45. The molecule has 1 heterocycles. The summed E-state index contributed by atoms with van der Waals surface area (Å²) in [5.41, 5.74) is 6.07. The average Bonchev–Trinajstić information content (AvgIpc) is 2.23. The molecule has 1 aliphatic rings. The summed E-state index contributed by atoms with van der Waals surface area (Å²) in [6.45, 7) is 18.5. The Morgan fingerprint density at radius 1 is 1.05 bits per heavy atom. The van der Waals surface area contributed by atoms with Gasteiger partial charge in [-0.05, 0) is 0 Å². The van der Waals surface area contributed by atoms with E-state index in [1.165, 1.54) is 22.4 Å². The van der Waals surface area contributed by atoms with Gasteiger partial charge in [0.05, 0.1) is 0 Å². The monoisotopic (exact) mass is 369 g/mol. The quantitative estimate of drug-likeness (QED) is 0.577. The molecule has 1 unspecified atom stereocenters. The fourth-order valence-corrected chi connectivity index (χ4v) is 7.90. The van der Waals surface area contributed by atoms with Gasteiger partial charge in [-0.2, -0.15) is 0 Å². The van der Waals surface area contributed by atoms with Crippen molar-refractivity contribution in [2.45, 2.75) is 76.8 Å². The summed E-state index contributed by atoms with van der Waals surface area (Å²) in [5, 5.41) is 1.10. The zero-order valence-electron chi connectivity index (χ0n) is 14.7. The van der Waals surface area contributed by atoms with Crippen molar-refractivity contribution in [1.82, 2.24) is 0 Å². The molecular weight excluding hydrogens is 341 g/mol. The van der Waals surface area contributed by atoms with E-state index < -0.39 is 13.9 Å². The number of rotatable bonds is 0. The molecule has 118 valence electrons. The van der Waals surface area contributed by atoms with Crippen molar-refractivity contribution < 1.29 is 0 Å². The second-order valence-electron chi connectivity index (χ2n) is 8.96. The molecule has 21 heavy (non-hydrogen) atoms. The number of nitrogens with one attached hydrogen (secondary N) is 1. The SMILES string of the molecule is CC(C)(C)c1cc(C(C)(C)C)c2c(c1)C(C)(C)C[As](Cl)N2. The van der Waals surface area contributed by atoms with Gasteiger partial charge in [-0.25, -0.2) is 0 Å². The molecule has 0 saturated carbocycles. The summed E-state index contributed by atoms with van der Waals surface area (Å²) < 4.78 is 3.68. The minimum absolute atomic E-state index is 0.123. The fourth-order valence-electron chi connectivity index (χ4n) is 2.91. The van der Waals surface area contributed by atoms with Crippen LogP contribution in [0.5, 0.6) is 0 Å². The number of anilines is 1. The number of halogens is 1. The molecule has 0 bridgehead atoms. The van der Waals surface area contributed by atoms with E-state index >= 15 is 0 Å². The van der Waals surface area contributed by atoms with Crippen LogP contribution in [-0.4, -0.2) is 13.9 Å². The van der Waals surface area contributed by atoms with E-state index in [2.05, 4.69) is 71.8 Å². The first kappa shape index (κ1) is 17.2. The summed E-state index contributed by atoms with van der Waals surface area (Å²) in [6.07, 6.45) is 0. The summed E-state index contributed by atoms with van der Waals surface area (Å²) in [6, 6.07) is 4.81. The van der Waals surface area contributed by atoms with Crippen LogP contribution in [0.4, 0.5) is 5.69 Å². The molecule has 0 amide bonds. The van der Waals surface area contributed by atoms with Gasteiger partial charge in [0, 0.05) is 0 Å². The molecule has 1 aromatic carbocycles. The van der Waals surface area contributed by atoms with Gasteiger partial charge in [-0.1, -0.05) is 0 Å². The fraction of sp³-hybridized carbons (Fsp3) is 0.667. The van der Waals surface area contributed by atoms with E-state index in [1.54, 1.807) is 0 Å². The molecule has 1 aliphatic heterocycles. The van der Waals surface area contributed by atoms with E-state index in [0.29, 0.717) is 0 Å². The van der Waals surface area contributed by atoms with Gasteiger partial charge in [0.2, 0.25) is 0 Å². The molecule has 0 aliphatic carbocycles. The molecule has 0 fully saturated rings. The molecule has 1 nitrogen and oxygen atoms in total. The van der Waals surface area contributed by atoms with Gasteiger partial charge in [0.15, 0.2) is 0 Å². The molecule has 1 aromatic rings. The van der Waals surface area contributed by atoms with Crippen molar-refractivity contribution in [3.05, 3.63) is 28.8 Å². The molecule has 0 spiro atoms. The van der Waals surface area contributed by atoms with Crippen LogP contribution < -0.4 is 4.23 Å². The van der Waals surface area contributed by atoms with E-state index in [0.717, 1.165) is 5.21 Å². The Bertz CT molecular complexity index is 532. The van der Waals surface area contributed by atoms with Gasteiger partial charge in [-0.15, -0.1) is 0 Å². The van der Waals surface area contributed by atoms with Gasteiger partial charge in [0.1, 0.15) is 0 Å². The van der Waals surface area contributed by atoms with Crippen molar-refractivity contribution in [1.29, 1.82) is 0 Å². The number of fused-ring (bicyclic) bond motifs is 1. The van der Waals surface area contributed by atoms with Crippen LogP contribution in [0.25, 0.3) is 0 Å². The number of hydrogen-bond acceptors (Lipinski definition) is 1. The molecule has 0 aromatic heterocycles. The molecule has 3 heteroatoms.